The van der Waals surface area contributed by atoms with Gasteiger partial charge in [-0.15, -0.1) is 0 Å². The van der Waals surface area contributed by atoms with Crippen LogP contribution in [0.15, 0.2) is 36.5 Å². The predicted molar refractivity (Wildman–Crippen MR) is 82.9 cm³/mol. The summed E-state index contributed by atoms with van der Waals surface area (Å²) < 4.78 is 0. The Morgan fingerprint density at radius 2 is 2.10 bits per heavy atom. The molecule has 1 aliphatic heterocycles. The Kier molecular flexibility index (Phi) is 2.89. The second kappa shape index (κ2) is 4.90. The van der Waals surface area contributed by atoms with Crippen LogP contribution in [0.25, 0.3) is 22.3 Å². The van der Waals surface area contributed by atoms with Crippen LogP contribution in [0.3, 0.4) is 0 Å². The van der Waals surface area contributed by atoms with Crippen molar-refractivity contribution >= 4 is 10.9 Å². The fourth-order valence-corrected chi connectivity index (χ4v) is 2.86. The molecule has 4 nitrogen and oxygen atoms in total. The van der Waals surface area contributed by atoms with Gasteiger partial charge in [0.1, 0.15) is 0 Å². The van der Waals surface area contributed by atoms with Crippen molar-refractivity contribution in [2.24, 2.45) is 0 Å². The first-order valence-corrected chi connectivity index (χ1v) is 7.23. The van der Waals surface area contributed by atoms with Crippen LogP contribution in [0.1, 0.15) is 17.0 Å². The fraction of sp³-hybridized carbons (Fsp3) is 0.235. The van der Waals surface area contributed by atoms with Crippen molar-refractivity contribution in [3.8, 4) is 11.4 Å². The largest absolute Gasteiger partial charge is 0.312 e. The highest BCUT2D eigenvalue weighted by Gasteiger charge is 2.15. The highest BCUT2D eigenvalue weighted by atomic mass is 14.9. The molecule has 2 aromatic heterocycles. The van der Waals surface area contributed by atoms with Crippen LogP contribution in [0, 0.1) is 6.92 Å². The Morgan fingerprint density at radius 3 is 3.05 bits per heavy atom. The molecule has 3 aromatic rings. The Labute approximate surface area is 123 Å². The Morgan fingerprint density at radius 1 is 1.14 bits per heavy atom. The van der Waals surface area contributed by atoms with E-state index in [0.717, 1.165) is 47.5 Å². The summed E-state index contributed by atoms with van der Waals surface area (Å²) in [4.78, 5) is 13.8. The second-order valence-corrected chi connectivity index (χ2v) is 5.40. The van der Waals surface area contributed by atoms with E-state index in [1.54, 1.807) is 0 Å². The van der Waals surface area contributed by atoms with E-state index in [-0.39, 0.29) is 0 Å². The molecule has 0 amide bonds. The Hall–Kier alpha value is -2.33. The van der Waals surface area contributed by atoms with Crippen LogP contribution in [0.5, 0.6) is 0 Å². The van der Waals surface area contributed by atoms with Gasteiger partial charge < -0.3 is 5.32 Å². The van der Waals surface area contributed by atoms with Gasteiger partial charge in [-0.2, -0.15) is 0 Å². The number of nitrogens with one attached hydrogen (secondary N) is 1. The topological polar surface area (TPSA) is 50.7 Å². The molecule has 1 aromatic carbocycles. The summed E-state index contributed by atoms with van der Waals surface area (Å²) in [5.74, 6) is 0.818. The van der Waals surface area contributed by atoms with Gasteiger partial charge in [0.2, 0.25) is 0 Å². The van der Waals surface area contributed by atoms with Gasteiger partial charge in [0.05, 0.1) is 11.2 Å². The number of hydrogen-bond donors (Lipinski definition) is 1. The van der Waals surface area contributed by atoms with Gasteiger partial charge in [0, 0.05) is 47.9 Å². The first kappa shape index (κ1) is 12.4. The lowest BCUT2D eigenvalue weighted by atomic mass is 10.0. The van der Waals surface area contributed by atoms with E-state index in [9.17, 15) is 0 Å². The molecule has 4 rings (SSSR count). The third-order valence-corrected chi connectivity index (χ3v) is 4.00. The second-order valence-electron chi connectivity index (χ2n) is 5.40. The molecule has 0 aliphatic carbocycles. The van der Waals surface area contributed by atoms with Crippen molar-refractivity contribution in [2.75, 3.05) is 6.54 Å². The summed E-state index contributed by atoms with van der Waals surface area (Å²) in [5.41, 5.74) is 5.57. The molecule has 0 saturated carbocycles. The average Bonchev–Trinajstić information content (AvgIpc) is 2.54. The van der Waals surface area contributed by atoms with Crippen LogP contribution < -0.4 is 5.32 Å². The molecule has 4 heteroatoms. The number of nitrogens with zero attached hydrogens (tertiary/aromatic N) is 3. The van der Waals surface area contributed by atoms with Gasteiger partial charge in [-0.05, 0) is 31.2 Å². The van der Waals surface area contributed by atoms with Gasteiger partial charge in [-0.1, -0.05) is 6.07 Å². The highest BCUT2D eigenvalue weighted by Crippen LogP contribution is 2.24. The number of hydrogen-bond acceptors (Lipinski definition) is 4. The van der Waals surface area contributed by atoms with Crippen LogP contribution in [-0.2, 0) is 13.0 Å². The standard InChI is InChI=1S/C17H16N4/c1-11-14-10-18-8-6-16(14)21-17(20-11)13-4-5-15-12(9-13)3-2-7-19-15/h2-5,7,9,18H,6,8,10H2,1H3. The maximum Gasteiger partial charge on any atom is 0.159 e. The molecule has 1 N–H and O–H groups in total. The lowest BCUT2D eigenvalue weighted by Gasteiger charge is -2.18. The third-order valence-electron chi connectivity index (χ3n) is 4.00. The van der Waals surface area contributed by atoms with Crippen LogP contribution in [0.2, 0.25) is 0 Å². The summed E-state index contributed by atoms with van der Waals surface area (Å²) in [7, 11) is 0. The third kappa shape index (κ3) is 2.17. The van der Waals surface area contributed by atoms with Gasteiger partial charge in [-0.3, -0.25) is 4.98 Å². The van der Waals surface area contributed by atoms with Crippen molar-refractivity contribution < 1.29 is 0 Å². The number of benzene rings is 1. The minimum absolute atomic E-state index is 0.818. The molecule has 0 bridgehead atoms. The number of fused-ring (bicyclic) bond motifs is 2. The minimum atomic E-state index is 0.818. The lowest BCUT2D eigenvalue weighted by Crippen LogP contribution is -2.26. The maximum absolute atomic E-state index is 4.78. The van der Waals surface area contributed by atoms with Gasteiger partial charge >= 0.3 is 0 Å². The zero-order chi connectivity index (χ0) is 14.2. The smallest absolute Gasteiger partial charge is 0.159 e. The van der Waals surface area contributed by atoms with Gasteiger partial charge in [-0.25, -0.2) is 9.97 Å². The van der Waals surface area contributed by atoms with E-state index in [0.29, 0.717) is 0 Å². The summed E-state index contributed by atoms with van der Waals surface area (Å²) >= 11 is 0. The van der Waals surface area contributed by atoms with Crippen molar-refractivity contribution in [1.82, 2.24) is 20.3 Å². The summed E-state index contributed by atoms with van der Waals surface area (Å²) in [5, 5.41) is 4.50. The zero-order valence-electron chi connectivity index (χ0n) is 11.9. The molecule has 1 aliphatic rings. The van der Waals surface area contributed by atoms with E-state index >= 15 is 0 Å². The lowest BCUT2D eigenvalue weighted by molar-refractivity contribution is 0.622. The van der Waals surface area contributed by atoms with Gasteiger partial charge in [0.15, 0.2) is 5.82 Å². The molecule has 0 atom stereocenters. The molecule has 0 unspecified atom stereocenters. The molecule has 0 fully saturated rings. The molecular weight excluding hydrogens is 260 g/mol. The molecule has 0 radical (unpaired) electrons. The molecule has 0 saturated heterocycles. The summed E-state index contributed by atoms with van der Waals surface area (Å²) in [6.07, 6.45) is 2.79. The number of aromatic nitrogens is 3. The SMILES string of the molecule is Cc1nc(-c2ccc3ncccc3c2)nc2c1CNCC2. The number of rotatable bonds is 1. The van der Waals surface area contributed by atoms with Crippen LogP contribution >= 0.6 is 0 Å². The monoisotopic (exact) mass is 276 g/mol. The summed E-state index contributed by atoms with van der Waals surface area (Å²) in [6, 6.07) is 10.2. The van der Waals surface area contributed by atoms with Crippen LogP contribution in [0.4, 0.5) is 0 Å². The number of aryl methyl sites for hydroxylation is 1. The van der Waals surface area contributed by atoms with E-state index in [4.69, 9.17) is 9.97 Å². The first-order chi connectivity index (χ1) is 10.3. The fourth-order valence-electron chi connectivity index (χ4n) is 2.86. The molecule has 3 heterocycles. The predicted octanol–water partition coefficient (Wildman–Crippen LogP) is 2.65. The first-order valence-electron chi connectivity index (χ1n) is 7.23. The molecular formula is C17H16N4. The summed E-state index contributed by atoms with van der Waals surface area (Å²) in [6.45, 7) is 3.94. The normalized spacial score (nSPS) is 14.1. The minimum Gasteiger partial charge on any atom is -0.312 e. The zero-order valence-corrected chi connectivity index (χ0v) is 11.9. The maximum atomic E-state index is 4.78. The van der Waals surface area contributed by atoms with Gasteiger partial charge in [0.25, 0.3) is 0 Å². The van der Waals surface area contributed by atoms with Crippen molar-refractivity contribution in [3.05, 3.63) is 53.5 Å². The highest BCUT2D eigenvalue weighted by molar-refractivity contribution is 5.83. The van der Waals surface area contributed by atoms with Crippen molar-refractivity contribution in [1.29, 1.82) is 0 Å². The quantitative estimate of drug-likeness (QED) is 0.742. The number of pyridine rings is 1. The van der Waals surface area contributed by atoms with Crippen LogP contribution in [-0.4, -0.2) is 21.5 Å². The van der Waals surface area contributed by atoms with Crippen molar-refractivity contribution in [2.45, 2.75) is 19.9 Å². The molecule has 21 heavy (non-hydrogen) atoms. The molecule has 0 spiro atoms. The van der Waals surface area contributed by atoms with E-state index in [1.165, 1.54) is 11.3 Å². The Balaban J connectivity index is 1.86. The Bertz CT molecular complexity index is 826. The average molecular weight is 276 g/mol. The van der Waals surface area contributed by atoms with E-state index in [2.05, 4.69) is 35.4 Å². The van der Waals surface area contributed by atoms with Crippen molar-refractivity contribution in [3.63, 3.8) is 0 Å². The van der Waals surface area contributed by atoms with E-state index < -0.39 is 0 Å². The molecule has 104 valence electrons. The van der Waals surface area contributed by atoms with E-state index in [1.807, 2.05) is 18.3 Å².